The first-order valence-electron chi connectivity index (χ1n) is 10.7. The Kier molecular flexibility index (Phi) is 8.18. The van der Waals surface area contributed by atoms with E-state index in [0.717, 1.165) is 44.3 Å². The molecule has 1 aromatic carbocycles. The fraction of sp³-hybridized carbons (Fsp3) is 0.652. The van der Waals surface area contributed by atoms with Gasteiger partial charge in [-0.05, 0) is 42.9 Å². The number of methoxy groups -OCH3 is 1. The van der Waals surface area contributed by atoms with Crippen molar-refractivity contribution in [2.24, 2.45) is 5.92 Å². The normalized spacial score (nSPS) is 23.1. The smallest absolute Gasteiger partial charge is 0.118 e. The van der Waals surface area contributed by atoms with Gasteiger partial charge in [-0.25, -0.2) is 0 Å². The number of nitrogens with zero attached hydrogens (tertiary/aromatic N) is 2. The summed E-state index contributed by atoms with van der Waals surface area (Å²) in [5.41, 5.74) is 1.21. The number of aliphatic hydroxyl groups is 1. The van der Waals surface area contributed by atoms with Crippen molar-refractivity contribution in [1.29, 1.82) is 0 Å². The molecule has 1 N–H and O–H groups in total. The molecule has 150 valence electrons. The maximum Gasteiger partial charge on any atom is 0.118 e. The largest absolute Gasteiger partial charge is 0.497 e. The molecule has 4 heteroatoms. The molecule has 27 heavy (non-hydrogen) atoms. The van der Waals surface area contributed by atoms with Crippen molar-refractivity contribution < 1.29 is 9.84 Å². The third-order valence-corrected chi connectivity index (χ3v) is 6.16. The fourth-order valence-electron chi connectivity index (χ4n) is 4.54. The Labute approximate surface area is 164 Å². The molecule has 1 aromatic rings. The standard InChI is InChI=1S/C23H36N2O2/c1-27-23-11-9-20(10-12-23)8-5-14-24-15-16-25(22(19-24)13-17-26)18-21-6-3-2-4-7-21/h5,8-12,21-22,26H,2-4,6-7,13-19H2,1H3/b8-5+/t22-/m1/s1. The topological polar surface area (TPSA) is 35.9 Å². The lowest BCUT2D eigenvalue weighted by Crippen LogP contribution is -2.54. The molecule has 1 saturated carbocycles. The zero-order valence-electron chi connectivity index (χ0n) is 16.9. The number of hydrogen-bond acceptors (Lipinski definition) is 4. The Morgan fingerprint density at radius 1 is 1.11 bits per heavy atom. The monoisotopic (exact) mass is 372 g/mol. The maximum atomic E-state index is 9.53. The Morgan fingerprint density at radius 3 is 2.59 bits per heavy atom. The minimum atomic E-state index is 0.293. The van der Waals surface area contributed by atoms with Crippen molar-refractivity contribution in [3.63, 3.8) is 0 Å². The first-order chi connectivity index (χ1) is 13.3. The van der Waals surface area contributed by atoms with Crippen LogP contribution in [0.15, 0.2) is 30.3 Å². The van der Waals surface area contributed by atoms with E-state index in [0.29, 0.717) is 12.6 Å². The molecule has 2 fully saturated rings. The van der Waals surface area contributed by atoms with Crippen molar-refractivity contribution >= 4 is 6.08 Å². The van der Waals surface area contributed by atoms with Crippen LogP contribution in [-0.2, 0) is 0 Å². The van der Waals surface area contributed by atoms with Gasteiger partial charge in [0.05, 0.1) is 7.11 Å². The Hall–Kier alpha value is -1.36. The van der Waals surface area contributed by atoms with Crippen molar-refractivity contribution in [1.82, 2.24) is 9.80 Å². The predicted octanol–water partition coefficient (Wildman–Crippen LogP) is 3.66. The van der Waals surface area contributed by atoms with Crippen molar-refractivity contribution in [3.05, 3.63) is 35.9 Å². The van der Waals surface area contributed by atoms with Crippen LogP contribution in [0.4, 0.5) is 0 Å². The number of piperazine rings is 1. The number of aliphatic hydroxyl groups excluding tert-OH is 1. The zero-order chi connectivity index (χ0) is 18.9. The second-order valence-corrected chi connectivity index (χ2v) is 8.10. The number of ether oxygens (including phenoxy) is 1. The molecule has 0 amide bonds. The molecule has 0 unspecified atom stereocenters. The maximum absolute atomic E-state index is 9.53. The highest BCUT2D eigenvalue weighted by molar-refractivity contribution is 5.50. The number of benzene rings is 1. The van der Waals surface area contributed by atoms with E-state index >= 15 is 0 Å². The number of rotatable bonds is 8. The molecule has 0 aromatic heterocycles. The van der Waals surface area contributed by atoms with Gasteiger partial charge in [0.15, 0.2) is 0 Å². The summed E-state index contributed by atoms with van der Waals surface area (Å²) >= 11 is 0. The highest BCUT2D eigenvalue weighted by atomic mass is 16.5. The molecule has 1 aliphatic carbocycles. The van der Waals surface area contributed by atoms with Crippen LogP contribution in [0.5, 0.6) is 5.75 Å². The molecule has 2 aliphatic rings. The van der Waals surface area contributed by atoms with Gasteiger partial charge < -0.3 is 9.84 Å². The average molecular weight is 373 g/mol. The summed E-state index contributed by atoms with van der Waals surface area (Å²) in [5.74, 6) is 1.77. The second-order valence-electron chi connectivity index (χ2n) is 8.10. The minimum Gasteiger partial charge on any atom is -0.497 e. The van der Waals surface area contributed by atoms with Gasteiger partial charge in [-0.15, -0.1) is 0 Å². The molecule has 0 bridgehead atoms. The molecule has 4 nitrogen and oxygen atoms in total. The summed E-state index contributed by atoms with van der Waals surface area (Å²) in [6.45, 7) is 5.84. The SMILES string of the molecule is COc1ccc(/C=C/CN2CCN(CC3CCCCC3)[C@H](CCO)C2)cc1. The van der Waals surface area contributed by atoms with Crippen LogP contribution in [0.3, 0.4) is 0 Å². The van der Waals surface area contributed by atoms with Gasteiger partial charge >= 0.3 is 0 Å². The van der Waals surface area contributed by atoms with Gasteiger partial charge in [0.25, 0.3) is 0 Å². The van der Waals surface area contributed by atoms with E-state index in [1.165, 1.54) is 44.2 Å². The third kappa shape index (κ3) is 6.34. The lowest BCUT2D eigenvalue weighted by molar-refractivity contribution is 0.0485. The lowest BCUT2D eigenvalue weighted by atomic mass is 9.88. The Bertz CT molecular complexity index is 566. The van der Waals surface area contributed by atoms with E-state index in [2.05, 4.69) is 34.1 Å². The first kappa shape index (κ1) is 20.4. The number of hydrogen-bond donors (Lipinski definition) is 1. The molecule has 1 saturated heterocycles. The summed E-state index contributed by atoms with van der Waals surface area (Å²) < 4.78 is 5.21. The van der Waals surface area contributed by atoms with Gasteiger partial charge in [0, 0.05) is 45.4 Å². The fourth-order valence-corrected chi connectivity index (χ4v) is 4.54. The van der Waals surface area contributed by atoms with Crippen LogP contribution < -0.4 is 4.74 Å². The van der Waals surface area contributed by atoms with Gasteiger partial charge in [-0.1, -0.05) is 43.5 Å². The van der Waals surface area contributed by atoms with Crippen LogP contribution in [0, 0.1) is 5.92 Å². The minimum absolute atomic E-state index is 0.293. The summed E-state index contributed by atoms with van der Waals surface area (Å²) in [7, 11) is 1.70. The summed E-state index contributed by atoms with van der Waals surface area (Å²) in [6.07, 6.45) is 12.4. The molecular weight excluding hydrogens is 336 g/mol. The van der Waals surface area contributed by atoms with Gasteiger partial charge in [0.1, 0.15) is 5.75 Å². The van der Waals surface area contributed by atoms with Gasteiger partial charge in [-0.2, -0.15) is 0 Å². The van der Waals surface area contributed by atoms with Crippen LogP contribution >= 0.6 is 0 Å². The molecule has 1 heterocycles. The van der Waals surface area contributed by atoms with E-state index in [4.69, 9.17) is 4.74 Å². The van der Waals surface area contributed by atoms with Gasteiger partial charge in [-0.3, -0.25) is 9.80 Å². The van der Waals surface area contributed by atoms with E-state index in [9.17, 15) is 5.11 Å². The highest BCUT2D eigenvalue weighted by Crippen LogP contribution is 2.26. The Morgan fingerprint density at radius 2 is 1.89 bits per heavy atom. The average Bonchev–Trinajstić information content (AvgIpc) is 2.71. The molecule has 3 rings (SSSR count). The highest BCUT2D eigenvalue weighted by Gasteiger charge is 2.28. The zero-order valence-corrected chi connectivity index (χ0v) is 16.9. The molecule has 0 spiro atoms. The Balaban J connectivity index is 1.48. The van der Waals surface area contributed by atoms with Crippen LogP contribution in [0.2, 0.25) is 0 Å². The molecule has 1 atom stereocenters. The van der Waals surface area contributed by atoms with Crippen LogP contribution in [0.1, 0.15) is 44.1 Å². The van der Waals surface area contributed by atoms with E-state index in [1.54, 1.807) is 7.11 Å². The van der Waals surface area contributed by atoms with E-state index in [1.807, 2.05) is 12.1 Å². The second kappa shape index (κ2) is 10.8. The lowest BCUT2D eigenvalue weighted by Gasteiger charge is -2.43. The first-order valence-corrected chi connectivity index (χ1v) is 10.7. The van der Waals surface area contributed by atoms with Crippen LogP contribution in [-0.4, -0.2) is 67.4 Å². The summed E-state index contributed by atoms with van der Waals surface area (Å²) in [4.78, 5) is 5.19. The predicted molar refractivity (Wildman–Crippen MR) is 112 cm³/mol. The summed E-state index contributed by atoms with van der Waals surface area (Å²) in [5, 5.41) is 9.53. The molecular formula is C23H36N2O2. The van der Waals surface area contributed by atoms with Crippen molar-refractivity contribution in [3.8, 4) is 5.75 Å². The molecule has 1 aliphatic heterocycles. The van der Waals surface area contributed by atoms with Gasteiger partial charge in [0.2, 0.25) is 0 Å². The molecule has 0 radical (unpaired) electrons. The third-order valence-electron chi connectivity index (χ3n) is 6.16. The van der Waals surface area contributed by atoms with Crippen molar-refractivity contribution in [2.75, 3.05) is 46.4 Å². The summed E-state index contributed by atoms with van der Waals surface area (Å²) in [6, 6.07) is 8.68. The van der Waals surface area contributed by atoms with Crippen LogP contribution in [0.25, 0.3) is 6.08 Å². The van der Waals surface area contributed by atoms with Crippen molar-refractivity contribution in [2.45, 2.75) is 44.6 Å². The quantitative estimate of drug-likeness (QED) is 0.755. The van der Waals surface area contributed by atoms with E-state index < -0.39 is 0 Å². The van der Waals surface area contributed by atoms with E-state index in [-0.39, 0.29) is 0 Å².